The lowest BCUT2D eigenvalue weighted by Gasteiger charge is -2.18. The molecule has 0 rings (SSSR count). The summed E-state index contributed by atoms with van der Waals surface area (Å²) in [5.74, 6) is 1.58. The van der Waals surface area contributed by atoms with Crippen LogP contribution in [0.15, 0.2) is 0 Å². The topological polar surface area (TPSA) is 29.5 Å². The van der Waals surface area contributed by atoms with E-state index in [1.165, 1.54) is 11.4 Å². The average molecular weight is 295 g/mol. The quantitative estimate of drug-likeness (QED) is 0.419. The van der Waals surface area contributed by atoms with Gasteiger partial charge in [0.2, 0.25) is 0 Å². The van der Waals surface area contributed by atoms with E-state index in [2.05, 4.69) is 25.7 Å². The Labute approximate surface area is 117 Å². The zero-order valence-corrected chi connectivity index (χ0v) is 14.4. The Morgan fingerprint density at radius 2 is 2.00 bits per heavy atom. The highest BCUT2D eigenvalue weighted by Gasteiger charge is 2.22. The minimum atomic E-state index is -2.45. The first-order valence-electron chi connectivity index (χ1n) is 6.92. The van der Waals surface area contributed by atoms with Crippen LogP contribution in [0.5, 0.6) is 0 Å². The van der Waals surface area contributed by atoms with Crippen LogP contribution in [0.2, 0.25) is 0 Å². The maximum Gasteiger partial charge on any atom is 0.257 e. The monoisotopic (exact) mass is 295 g/mol. The summed E-state index contributed by atoms with van der Waals surface area (Å²) in [6.45, 7) is 5.63. The fraction of sp³-hybridized carbons (Fsp3) is 1.00. The summed E-state index contributed by atoms with van der Waals surface area (Å²) in [5, 5.41) is 0. The van der Waals surface area contributed by atoms with Gasteiger partial charge in [-0.2, -0.15) is 0 Å². The summed E-state index contributed by atoms with van der Waals surface area (Å²) in [5.41, 5.74) is 0. The van der Waals surface area contributed by atoms with Gasteiger partial charge in [0.15, 0.2) is 0 Å². The molecule has 110 valence electrons. The van der Waals surface area contributed by atoms with Gasteiger partial charge in [-0.05, 0) is 39.3 Å². The summed E-state index contributed by atoms with van der Waals surface area (Å²) >= 11 is 1.53. The van der Waals surface area contributed by atoms with Crippen LogP contribution in [0.1, 0.15) is 40.0 Å². The second-order valence-corrected chi connectivity index (χ2v) is 10.4. The van der Waals surface area contributed by atoms with Crippen molar-refractivity contribution in [2.45, 2.75) is 40.0 Å². The number of rotatable bonds is 11. The molecule has 0 aliphatic heterocycles. The first kappa shape index (κ1) is 18.5. The molecule has 0 aromatic heterocycles. The second kappa shape index (κ2) is 10.3. The molecule has 0 spiro atoms. The molecule has 0 amide bonds. The molecule has 0 heterocycles. The smallest absolute Gasteiger partial charge is 0.257 e. The third-order valence-electron chi connectivity index (χ3n) is 2.54. The van der Waals surface area contributed by atoms with Crippen LogP contribution in [-0.4, -0.2) is 44.1 Å². The summed E-state index contributed by atoms with van der Waals surface area (Å²) < 4.78 is 18.3. The third-order valence-corrected chi connectivity index (χ3v) is 7.46. The van der Waals surface area contributed by atoms with Gasteiger partial charge in [0.1, 0.15) is 0 Å². The molecule has 0 saturated heterocycles. The van der Waals surface area contributed by atoms with Crippen LogP contribution in [0.25, 0.3) is 0 Å². The van der Waals surface area contributed by atoms with Crippen molar-refractivity contribution in [1.82, 2.24) is 4.90 Å². The molecule has 0 aromatic rings. The average Bonchev–Trinajstić information content (AvgIpc) is 2.24. The van der Waals surface area contributed by atoms with Gasteiger partial charge in [0, 0.05) is 18.5 Å². The summed E-state index contributed by atoms with van der Waals surface area (Å²) in [7, 11) is 4.07. The van der Waals surface area contributed by atoms with Crippen LogP contribution >= 0.6 is 18.0 Å². The second-order valence-electron chi connectivity index (χ2n) is 5.34. The predicted molar refractivity (Wildman–Crippen MR) is 83.8 cm³/mol. The lowest BCUT2D eigenvalue weighted by atomic mass is 10.1. The first-order valence-corrected chi connectivity index (χ1v) is 10.3. The van der Waals surface area contributed by atoms with Crippen molar-refractivity contribution in [3.63, 3.8) is 0 Å². The van der Waals surface area contributed by atoms with E-state index in [4.69, 9.17) is 4.52 Å². The van der Waals surface area contributed by atoms with E-state index < -0.39 is 6.57 Å². The molecule has 1 unspecified atom stereocenters. The molecule has 0 radical (unpaired) electrons. The standard InChI is InChI=1S/C13H30NO2PS/c1-6-11-17(15,18-12-9-14(4)5)16-10-7-8-13(2)3/h13H,6-12H2,1-5H3. The first-order chi connectivity index (χ1) is 8.39. The Hall–Kier alpha value is 0.500. The molecule has 0 aromatic carbocycles. The Morgan fingerprint density at radius 1 is 1.33 bits per heavy atom. The predicted octanol–water partition coefficient (Wildman–Crippen LogP) is 4.34. The van der Waals surface area contributed by atoms with Gasteiger partial charge in [-0.1, -0.05) is 32.2 Å². The van der Waals surface area contributed by atoms with Crippen molar-refractivity contribution < 1.29 is 9.09 Å². The fourth-order valence-corrected chi connectivity index (χ4v) is 5.97. The van der Waals surface area contributed by atoms with Crippen molar-refractivity contribution in [1.29, 1.82) is 0 Å². The van der Waals surface area contributed by atoms with Crippen LogP contribution < -0.4 is 0 Å². The fourth-order valence-electron chi connectivity index (χ4n) is 1.50. The Kier molecular flexibility index (Phi) is 10.6. The number of hydrogen-bond acceptors (Lipinski definition) is 4. The Morgan fingerprint density at radius 3 is 2.50 bits per heavy atom. The molecular formula is C13H30NO2PS. The van der Waals surface area contributed by atoms with Gasteiger partial charge in [-0.15, -0.1) is 0 Å². The zero-order chi connectivity index (χ0) is 14.0. The molecule has 0 fully saturated rings. The van der Waals surface area contributed by atoms with Gasteiger partial charge < -0.3 is 9.42 Å². The van der Waals surface area contributed by atoms with Crippen LogP contribution in [0, 0.1) is 5.92 Å². The SMILES string of the molecule is CCCP(=O)(OCCCC(C)C)SCCN(C)C. The summed E-state index contributed by atoms with van der Waals surface area (Å²) in [6, 6.07) is 0. The molecule has 3 nitrogen and oxygen atoms in total. The van der Waals surface area contributed by atoms with Gasteiger partial charge in [0.25, 0.3) is 6.57 Å². The van der Waals surface area contributed by atoms with Crippen LogP contribution in [-0.2, 0) is 9.09 Å². The maximum absolute atomic E-state index is 12.6. The van der Waals surface area contributed by atoms with Crippen LogP contribution in [0.4, 0.5) is 0 Å². The van der Waals surface area contributed by atoms with E-state index in [1.54, 1.807) is 0 Å². The Balaban J connectivity index is 3.97. The molecular weight excluding hydrogens is 265 g/mol. The third kappa shape index (κ3) is 10.4. The molecule has 0 saturated carbocycles. The van der Waals surface area contributed by atoms with E-state index >= 15 is 0 Å². The van der Waals surface area contributed by atoms with E-state index in [0.29, 0.717) is 18.7 Å². The zero-order valence-electron chi connectivity index (χ0n) is 12.6. The van der Waals surface area contributed by atoms with Gasteiger partial charge in [-0.25, -0.2) is 0 Å². The minimum Gasteiger partial charge on any atom is -0.321 e. The van der Waals surface area contributed by atoms with Gasteiger partial charge in [0.05, 0.1) is 6.61 Å². The van der Waals surface area contributed by atoms with Gasteiger partial charge in [-0.3, -0.25) is 4.57 Å². The van der Waals surface area contributed by atoms with E-state index in [0.717, 1.165) is 31.6 Å². The molecule has 5 heteroatoms. The van der Waals surface area contributed by atoms with E-state index in [1.807, 2.05) is 14.1 Å². The lowest BCUT2D eigenvalue weighted by Crippen LogP contribution is -2.15. The molecule has 0 bridgehead atoms. The van der Waals surface area contributed by atoms with Crippen molar-refractivity contribution >= 4 is 18.0 Å². The largest absolute Gasteiger partial charge is 0.321 e. The van der Waals surface area contributed by atoms with Crippen molar-refractivity contribution in [3.8, 4) is 0 Å². The minimum absolute atomic E-state index is 0.643. The molecule has 0 N–H and O–H groups in total. The highest BCUT2D eigenvalue weighted by atomic mass is 32.7. The number of hydrogen-bond donors (Lipinski definition) is 0. The van der Waals surface area contributed by atoms with E-state index in [9.17, 15) is 4.57 Å². The summed E-state index contributed by atoms with van der Waals surface area (Å²) in [6.07, 6.45) is 3.79. The van der Waals surface area contributed by atoms with Crippen molar-refractivity contribution in [2.75, 3.05) is 39.2 Å². The normalized spacial score (nSPS) is 15.3. The van der Waals surface area contributed by atoms with Crippen LogP contribution in [0.3, 0.4) is 0 Å². The van der Waals surface area contributed by atoms with Crippen molar-refractivity contribution in [3.05, 3.63) is 0 Å². The van der Waals surface area contributed by atoms with E-state index in [-0.39, 0.29) is 0 Å². The molecule has 0 aliphatic rings. The highest BCUT2D eigenvalue weighted by Crippen LogP contribution is 2.59. The molecule has 18 heavy (non-hydrogen) atoms. The molecule has 1 atom stereocenters. The number of nitrogens with zero attached hydrogens (tertiary/aromatic N) is 1. The maximum atomic E-state index is 12.6. The molecule has 0 aliphatic carbocycles. The summed E-state index contributed by atoms with van der Waals surface area (Å²) in [4.78, 5) is 2.11. The Bertz CT molecular complexity index is 247. The highest BCUT2D eigenvalue weighted by molar-refractivity contribution is 8.56. The van der Waals surface area contributed by atoms with Gasteiger partial charge >= 0.3 is 0 Å². The lowest BCUT2D eigenvalue weighted by molar-refractivity contribution is 0.305. The van der Waals surface area contributed by atoms with Crippen molar-refractivity contribution in [2.24, 2.45) is 5.92 Å².